The van der Waals surface area contributed by atoms with Gasteiger partial charge < -0.3 is 20.5 Å². The van der Waals surface area contributed by atoms with Gasteiger partial charge in [0, 0.05) is 25.2 Å². The Balaban J connectivity index is 2.14. The van der Waals surface area contributed by atoms with Gasteiger partial charge in [0.2, 0.25) is 0 Å². The number of aromatic carboxylic acids is 1. The van der Waals surface area contributed by atoms with Crippen LogP contribution in [0.25, 0.3) is 0 Å². The van der Waals surface area contributed by atoms with E-state index in [0.29, 0.717) is 31.8 Å². The van der Waals surface area contributed by atoms with E-state index in [9.17, 15) is 9.59 Å². The van der Waals surface area contributed by atoms with Crippen LogP contribution in [0.1, 0.15) is 20.7 Å². The molecule has 6 heteroatoms. The van der Waals surface area contributed by atoms with Crippen molar-refractivity contribution in [3.8, 4) is 0 Å². The SMILES string of the molecule is NCC1CN(C(=O)c2cccc(C(=O)O)c2)CCO1. The number of carbonyl (C=O) groups excluding carboxylic acids is 1. The second-order valence-electron chi connectivity index (χ2n) is 4.37. The van der Waals surface area contributed by atoms with Gasteiger partial charge in [-0.15, -0.1) is 0 Å². The molecule has 1 amide bonds. The van der Waals surface area contributed by atoms with E-state index < -0.39 is 5.97 Å². The quantitative estimate of drug-likeness (QED) is 0.812. The minimum absolute atomic E-state index is 0.106. The lowest BCUT2D eigenvalue weighted by molar-refractivity contribution is -0.0167. The van der Waals surface area contributed by atoms with Gasteiger partial charge in [-0.2, -0.15) is 0 Å². The fraction of sp³-hybridized carbons (Fsp3) is 0.385. The third-order valence-corrected chi connectivity index (χ3v) is 3.05. The molecule has 1 aromatic rings. The van der Waals surface area contributed by atoms with Crippen LogP contribution in [0.2, 0.25) is 0 Å². The molecule has 0 spiro atoms. The monoisotopic (exact) mass is 264 g/mol. The highest BCUT2D eigenvalue weighted by Gasteiger charge is 2.24. The number of carboxylic acids is 1. The molecule has 3 N–H and O–H groups in total. The molecule has 6 nitrogen and oxygen atoms in total. The van der Waals surface area contributed by atoms with Crippen LogP contribution in [-0.2, 0) is 4.74 Å². The Morgan fingerprint density at radius 1 is 1.42 bits per heavy atom. The minimum Gasteiger partial charge on any atom is -0.478 e. The number of ether oxygens (including phenoxy) is 1. The summed E-state index contributed by atoms with van der Waals surface area (Å²) in [5.74, 6) is -1.23. The summed E-state index contributed by atoms with van der Waals surface area (Å²) >= 11 is 0. The smallest absolute Gasteiger partial charge is 0.335 e. The highest BCUT2D eigenvalue weighted by molar-refractivity contribution is 5.97. The largest absolute Gasteiger partial charge is 0.478 e. The second kappa shape index (κ2) is 5.81. The number of morpholine rings is 1. The topological polar surface area (TPSA) is 92.9 Å². The van der Waals surface area contributed by atoms with Gasteiger partial charge in [-0.05, 0) is 18.2 Å². The third-order valence-electron chi connectivity index (χ3n) is 3.05. The van der Waals surface area contributed by atoms with Crippen molar-refractivity contribution < 1.29 is 19.4 Å². The van der Waals surface area contributed by atoms with Crippen LogP contribution in [-0.4, -0.2) is 54.2 Å². The molecule has 1 fully saturated rings. The normalized spacial score (nSPS) is 19.2. The Kier molecular flexibility index (Phi) is 4.13. The molecule has 1 unspecified atom stereocenters. The average molecular weight is 264 g/mol. The first-order valence-corrected chi connectivity index (χ1v) is 6.06. The van der Waals surface area contributed by atoms with Crippen molar-refractivity contribution in [2.24, 2.45) is 5.73 Å². The molecule has 0 saturated carbocycles. The predicted molar refractivity (Wildman–Crippen MR) is 68.1 cm³/mol. The summed E-state index contributed by atoms with van der Waals surface area (Å²) in [5, 5.41) is 8.92. The number of carboxylic acid groups (broad SMARTS) is 1. The lowest BCUT2D eigenvalue weighted by Crippen LogP contribution is -2.48. The molecular formula is C13H16N2O4. The van der Waals surface area contributed by atoms with E-state index in [1.54, 1.807) is 17.0 Å². The zero-order valence-electron chi connectivity index (χ0n) is 10.4. The van der Waals surface area contributed by atoms with Gasteiger partial charge >= 0.3 is 5.97 Å². The van der Waals surface area contributed by atoms with Gasteiger partial charge in [0.05, 0.1) is 18.3 Å². The summed E-state index contributed by atoms with van der Waals surface area (Å²) in [6.45, 7) is 1.74. The van der Waals surface area contributed by atoms with Crippen LogP contribution >= 0.6 is 0 Å². The van der Waals surface area contributed by atoms with Gasteiger partial charge in [0.1, 0.15) is 0 Å². The Morgan fingerprint density at radius 3 is 2.84 bits per heavy atom. The van der Waals surface area contributed by atoms with E-state index in [1.165, 1.54) is 12.1 Å². The number of hydrogen-bond acceptors (Lipinski definition) is 4. The molecule has 19 heavy (non-hydrogen) atoms. The lowest BCUT2D eigenvalue weighted by atomic mass is 10.1. The Bertz CT molecular complexity index is 489. The molecule has 1 aromatic carbocycles. The van der Waals surface area contributed by atoms with Gasteiger partial charge in [-0.25, -0.2) is 4.79 Å². The summed E-state index contributed by atoms with van der Waals surface area (Å²) in [4.78, 5) is 24.8. The Morgan fingerprint density at radius 2 is 2.16 bits per heavy atom. The summed E-state index contributed by atoms with van der Waals surface area (Å²) in [6.07, 6.45) is -0.152. The minimum atomic E-state index is -1.04. The highest BCUT2D eigenvalue weighted by atomic mass is 16.5. The summed E-state index contributed by atoms with van der Waals surface area (Å²) in [7, 11) is 0. The molecule has 1 saturated heterocycles. The molecule has 102 valence electrons. The van der Waals surface area contributed by atoms with E-state index in [4.69, 9.17) is 15.6 Å². The van der Waals surface area contributed by atoms with Gasteiger partial charge in [-0.3, -0.25) is 4.79 Å². The van der Waals surface area contributed by atoms with Crippen molar-refractivity contribution in [1.29, 1.82) is 0 Å². The van der Waals surface area contributed by atoms with Gasteiger partial charge in [0.15, 0.2) is 0 Å². The van der Waals surface area contributed by atoms with Crippen molar-refractivity contribution in [1.82, 2.24) is 4.90 Å². The summed E-state index contributed by atoms with van der Waals surface area (Å²) < 4.78 is 5.39. The lowest BCUT2D eigenvalue weighted by Gasteiger charge is -2.32. The molecular weight excluding hydrogens is 248 g/mol. The number of rotatable bonds is 3. The number of hydrogen-bond donors (Lipinski definition) is 2. The number of benzene rings is 1. The first-order valence-electron chi connectivity index (χ1n) is 6.06. The van der Waals surface area contributed by atoms with E-state index in [0.717, 1.165) is 0 Å². The van der Waals surface area contributed by atoms with Crippen LogP contribution in [0.15, 0.2) is 24.3 Å². The zero-order chi connectivity index (χ0) is 13.8. The van der Waals surface area contributed by atoms with Crippen LogP contribution in [0.3, 0.4) is 0 Å². The van der Waals surface area contributed by atoms with Crippen LogP contribution in [0, 0.1) is 0 Å². The second-order valence-corrected chi connectivity index (χ2v) is 4.37. The van der Waals surface area contributed by atoms with Crippen LogP contribution < -0.4 is 5.73 Å². The van der Waals surface area contributed by atoms with E-state index in [1.807, 2.05) is 0 Å². The van der Waals surface area contributed by atoms with E-state index in [2.05, 4.69) is 0 Å². The fourth-order valence-corrected chi connectivity index (χ4v) is 2.01. The van der Waals surface area contributed by atoms with Gasteiger partial charge in [0.25, 0.3) is 5.91 Å². The number of nitrogens with zero attached hydrogens (tertiary/aromatic N) is 1. The average Bonchev–Trinajstić information content (AvgIpc) is 2.46. The summed E-state index contributed by atoms with van der Waals surface area (Å²) in [6, 6.07) is 6.03. The predicted octanol–water partition coefficient (Wildman–Crippen LogP) is 0.185. The number of amides is 1. The standard InChI is InChI=1S/C13H16N2O4/c14-7-11-8-15(4-5-19-11)12(16)9-2-1-3-10(6-9)13(17)18/h1-3,6,11H,4-5,7-8,14H2,(H,17,18). The first-order chi connectivity index (χ1) is 9.11. The van der Waals surface area contributed by atoms with Crippen molar-refractivity contribution in [2.45, 2.75) is 6.10 Å². The van der Waals surface area contributed by atoms with Crippen LogP contribution in [0.4, 0.5) is 0 Å². The molecule has 1 atom stereocenters. The number of carbonyl (C=O) groups is 2. The molecule has 0 radical (unpaired) electrons. The molecule has 1 aliphatic rings. The Labute approximate surface area is 110 Å². The maximum Gasteiger partial charge on any atom is 0.335 e. The Hall–Kier alpha value is -1.92. The first kappa shape index (κ1) is 13.5. The molecule has 0 aromatic heterocycles. The third kappa shape index (κ3) is 3.10. The molecule has 0 bridgehead atoms. The molecule has 2 rings (SSSR count). The number of nitrogens with two attached hydrogens (primary N) is 1. The van der Waals surface area contributed by atoms with E-state index in [-0.39, 0.29) is 17.6 Å². The fourth-order valence-electron chi connectivity index (χ4n) is 2.01. The molecule has 1 heterocycles. The molecule has 0 aliphatic carbocycles. The van der Waals surface area contributed by atoms with Gasteiger partial charge in [-0.1, -0.05) is 6.07 Å². The summed E-state index contributed by atoms with van der Waals surface area (Å²) in [5.41, 5.74) is 6.01. The van der Waals surface area contributed by atoms with Crippen molar-refractivity contribution in [3.63, 3.8) is 0 Å². The molecule has 1 aliphatic heterocycles. The van der Waals surface area contributed by atoms with E-state index >= 15 is 0 Å². The van der Waals surface area contributed by atoms with Crippen molar-refractivity contribution >= 4 is 11.9 Å². The van der Waals surface area contributed by atoms with Crippen LogP contribution in [0.5, 0.6) is 0 Å². The maximum atomic E-state index is 12.3. The zero-order valence-corrected chi connectivity index (χ0v) is 10.4. The van der Waals surface area contributed by atoms with Crippen molar-refractivity contribution in [2.75, 3.05) is 26.2 Å². The maximum absolute atomic E-state index is 12.3. The highest BCUT2D eigenvalue weighted by Crippen LogP contribution is 2.12. The van der Waals surface area contributed by atoms with Crippen molar-refractivity contribution in [3.05, 3.63) is 35.4 Å².